The Morgan fingerprint density at radius 1 is 1.12 bits per heavy atom. The van der Waals surface area contributed by atoms with E-state index in [1.165, 1.54) is 0 Å². The highest BCUT2D eigenvalue weighted by Gasteiger charge is 2.34. The Labute approximate surface area is 191 Å². The summed E-state index contributed by atoms with van der Waals surface area (Å²) in [4.78, 5) is 11.2. The van der Waals surface area contributed by atoms with Gasteiger partial charge in [0.25, 0.3) is 0 Å². The number of anilines is 1. The lowest BCUT2D eigenvalue weighted by Crippen LogP contribution is -2.43. The molecule has 2 aliphatic rings. The van der Waals surface area contributed by atoms with Gasteiger partial charge >= 0.3 is 6.01 Å². The van der Waals surface area contributed by atoms with E-state index in [2.05, 4.69) is 20.0 Å². The van der Waals surface area contributed by atoms with Crippen LogP contribution in [0.3, 0.4) is 0 Å². The van der Waals surface area contributed by atoms with Crippen LogP contribution < -0.4 is 14.4 Å². The third-order valence-electron chi connectivity index (χ3n) is 5.85. The SMILES string of the molecule is COc1cccc(-c2ccn(-c3cc(N4CC5CCC(C4)O5)nc(OCC(O)CO)n3)n2)c1. The Hall–Kier alpha value is -3.21. The number of ether oxygens (including phenoxy) is 3. The molecule has 2 fully saturated rings. The third kappa shape index (κ3) is 4.77. The Balaban J connectivity index is 1.46. The minimum Gasteiger partial charge on any atom is -0.497 e. The number of morpholine rings is 1. The van der Waals surface area contributed by atoms with Crippen LogP contribution in [-0.2, 0) is 4.74 Å². The van der Waals surface area contributed by atoms with Gasteiger partial charge in [0.1, 0.15) is 24.3 Å². The van der Waals surface area contributed by atoms with Crippen LogP contribution in [-0.4, -0.2) is 81.7 Å². The molecule has 2 N–H and O–H groups in total. The lowest BCUT2D eigenvalue weighted by atomic mass is 10.1. The number of hydrogen-bond acceptors (Lipinski definition) is 9. The highest BCUT2D eigenvalue weighted by atomic mass is 16.5. The first kappa shape index (κ1) is 21.6. The number of benzene rings is 1. The minimum absolute atomic E-state index is 0.109. The zero-order valence-electron chi connectivity index (χ0n) is 18.4. The first-order chi connectivity index (χ1) is 16.1. The molecule has 0 radical (unpaired) electrons. The molecular weight excluding hydrogens is 426 g/mol. The second-order valence-electron chi connectivity index (χ2n) is 8.25. The molecule has 5 rings (SSSR count). The average Bonchev–Trinajstić information content (AvgIpc) is 3.48. The van der Waals surface area contributed by atoms with Gasteiger partial charge in [-0.25, -0.2) is 4.68 Å². The van der Waals surface area contributed by atoms with Crippen molar-refractivity contribution >= 4 is 5.82 Å². The smallest absolute Gasteiger partial charge is 0.320 e. The van der Waals surface area contributed by atoms with Crippen molar-refractivity contribution in [2.24, 2.45) is 0 Å². The highest BCUT2D eigenvalue weighted by Crippen LogP contribution is 2.30. The maximum atomic E-state index is 9.69. The fourth-order valence-electron chi connectivity index (χ4n) is 4.16. The van der Waals surface area contributed by atoms with Crippen LogP contribution in [0.15, 0.2) is 42.6 Å². The summed E-state index contributed by atoms with van der Waals surface area (Å²) >= 11 is 0. The van der Waals surface area contributed by atoms with E-state index in [1.807, 2.05) is 42.6 Å². The molecule has 10 nitrogen and oxygen atoms in total. The fourth-order valence-corrected chi connectivity index (χ4v) is 4.16. The van der Waals surface area contributed by atoms with Crippen molar-refractivity contribution in [1.82, 2.24) is 19.7 Å². The predicted octanol–water partition coefficient (Wildman–Crippen LogP) is 1.44. The van der Waals surface area contributed by atoms with Gasteiger partial charge in [0.2, 0.25) is 0 Å². The molecule has 0 aliphatic carbocycles. The summed E-state index contributed by atoms with van der Waals surface area (Å²) in [5, 5.41) is 23.5. The zero-order chi connectivity index (χ0) is 22.8. The second kappa shape index (κ2) is 9.34. The van der Waals surface area contributed by atoms with E-state index in [4.69, 9.17) is 19.3 Å². The Bertz CT molecular complexity index is 1090. The number of nitrogens with zero attached hydrogens (tertiary/aromatic N) is 5. The van der Waals surface area contributed by atoms with Crippen LogP contribution in [0.25, 0.3) is 17.1 Å². The lowest BCUT2D eigenvalue weighted by Gasteiger charge is -2.33. The van der Waals surface area contributed by atoms with Crippen LogP contribution in [0.2, 0.25) is 0 Å². The Morgan fingerprint density at radius 2 is 1.91 bits per heavy atom. The second-order valence-corrected chi connectivity index (χ2v) is 8.25. The van der Waals surface area contributed by atoms with Gasteiger partial charge in [-0.15, -0.1) is 0 Å². The van der Waals surface area contributed by atoms with E-state index in [0.29, 0.717) is 11.6 Å². The lowest BCUT2D eigenvalue weighted by molar-refractivity contribution is 0.0300. The van der Waals surface area contributed by atoms with Crippen molar-refractivity contribution < 1.29 is 24.4 Å². The standard InChI is InChI=1S/C23H27N5O5/c1-31-17-4-2-3-15(9-17)20-7-8-28(26-20)22-10-21(24-23(25-22)32-14-16(30)13-29)27-11-18-5-6-19(12-27)33-18/h2-4,7-10,16,18-19,29-30H,5-6,11-14H2,1H3. The van der Waals surface area contributed by atoms with Crippen LogP contribution in [0.1, 0.15) is 12.8 Å². The largest absolute Gasteiger partial charge is 0.497 e. The van der Waals surface area contributed by atoms with Crippen molar-refractivity contribution in [2.45, 2.75) is 31.2 Å². The molecular formula is C23H27N5O5. The summed E-state index contributed by atoms with van der Waals surface area (Å²) < 4.78 is 18.5. The summed E-state index contributed by atoms with van der Waals surface area (Å²) in [6, 6.07) is 11.6. The number of methoxy groups -OCH3 is 1. The molecule has 2 aliphatic heterocycles. The van der Waals surface area contributed by atoms with Gasteiger partial charge < -0.3 is 29.3 Å². The number of aromatic nitrogens is 4. The number of hydrogen-bond donors (Lipinski definition) is 2. The molecule has 3 unspecified atom stereocenters. The summed E-state index contributed by atoms with van der Waals surface area (Å²) in [5.74, 6) is 2.01. The van der Waals surface area contributed by atoms with Crippen LogP contribution in [0.4, 0.5) is 5.82 Å². The average molecular weight is 453 g/mol. The number of rotatable bonds is 8. The van der Waals surface area contributed by atoms with E-state index >= 15 is 0 Å². The molecule has 0 spiro atoms. The highest BCUT2D eigenvalue weighted by molar-refractivity contribution is 5.61. The Morgan fingerprint density at radius 3 is 2.67 bits per heavy atom. The van der Waals surface area contributed by atoms with Gasteiger partial charge in [-0.3, -0.25) is 0 Å². The van der Waals surface area contributed by atoms with Gasteiger partial charge in [-0.2, -0.15) is 15.1 Å². The minimum atomic E-state index is -1.01. The molecule has 2 bridgehead atoms. The molecule has 4 heterocycles. The fraction of sp³-hybridized carbons (Fsp3) is 0.435. The maximum absolute atomic E-state index is 9.69. The molecule has 10 heteroatoms. The molecule has 3 aromatic rings. The molecule has 33 heavy (non-hydrogen) atoms. The topological polar surface area (TPSA) is 115 Å². The normalized spacial score (nSPS) is 20.6. The van der Waals surface area contributed by atoms with E-state index in [9.17, 15) is 5.11 Å². The van der Waals surface area contributed by atoms with Crippen molar-refractivity contribution in [3.8, 4) is 28.8 Å². The molecule has 3 atom stereocenters. The quantitative estimate of drug-likeness (QED) is 0.523. The van der Waals surface area contributed by atoms with Crippen LogP contribution in [0.5, 0.6) is 11.8 Å². The monoisotopic (exact) mass is 453 g/mol. The number of fused-ring (bicyclic) bond motifs is 2. The van der Waals surface area contributed by atoms with Gasteiger partial charge in [0, 0.05) is 30.9 Å². The van der Waals surface area contributed by atoms with Crippen molar-refractivity contribution in [3.05, 3.63) is 42.6 Å². The van der Waals surface area contributed by atoms with Crippen LogP contribution in [0, 0.1) is 0 Å². The van der Waals surface area contributed by atoms with E-state index in [-0.39, 0.29) is 24.8 Å². The van der Waals surface area contributed by atoms with E-state index in [0.717, 1.165) is 42.9 Å². The van der Waals surface area contributed by atoms with Gasteiger partial charge in [-0.1, -0.05) is 12.1 Å². The first-order valence-electron chi connectivity index (χ1n) is 11.0. The molecule has 2 aromatic heterocycles. The summed E-state index contributed by atoms with van der Waals surface area (Å²) in [6.45, 7) is 0.990. The van der Waals surface area contributed by atoms with Crippen molar-refractivity contribution in [1.29, 1.82) is 0 Å². The molecule has 2 saturated heterocycles. The summed E-state index contributed by atoms with van der Waals surface area (Å²) in [5.41, 5.74) is 1.70. The van der Waals surface area contributed by atoms with Gasteiger partial charge in [0.15, 0.2) is 5.82 Å². The summed E-state index contributed by atoms with van der Waals surface area (Å²) in [6.07, 6.45) is 3.32. The van der Waals surface area contributed by atoms with Gasteiger partial charge in [-0.05, 0) is 31.0 Å². The van der Waals surface area contributed by atoms with E-state index in [1.54, 1.807) is 11.8 Å². The number of aliphatic hydroxyl groups excluding tert-OH is 2. The maximum Gasteiger partial charge on any atom is 0.320 e. The van der Waals surface area contributed by atoms with Crippen molar-refractivity contribution in [3.63, 3.8) is 0 Å². The molecule has 0 amide bonds. The van der Waals surface area contributed by atoms with E-state index < -0.39 is 12.7 Å². The van der Waals surface area contributed by atoms with Crippen LogP contribution >= 0.6 is 0 Å². The van der Waals surface area contributed by atoms with Gasteiger partial charge in [0.05, 0.1) is 31.6 Å². The number of aliphatic hydroxyl groups is 2. The predicted molar refractivity (Wildman–Crippen MR) is 120 cm³/mol. The third-order valence-corrected chi connectivity index (χ3v) is 5.85. The van der Waals surface area contributed by atoms with Crippen molar-refractivity contribution in [2.75, 3.05) is 38.3 Å². The molecule has 0 saturated carbocycles. The summed E-state index contributed by atoms with van der Waals surface area (Å²) in [7, 11) is 1.63. The first-order valence-corrected chi connectivity index (χ1v) is 11.0. The Kier molecular flexibility index (Phi) is 6.12. The zero-order valence-corrected chi connectivity index (χ0v) is 18.4. The molecule has 1 aromatic carbocycles. The molecule has 174 valence electrons.